The van der Waals surface area contributed by atoms with E-state index < -0.39 is 33.9 Å². The Kier molecular flexibility index (Phi) is 7.56. The van der Waals surface area contributed by atoms with Gasteiger partial charge < -0.3 is 20.5 Å². The van der Waals surface area contributed by atoms with Crippen LogP contribution in [-0.2, 0) is 14.3 Å². The normalized spacial score (nSPS) is 41.7. The van der Waals surface area contributed by atoms with Gasteiger partial charge in [0.15, 0.2) is 0 Å². The lowest BCUT2D eigenvalue weighted by atomic mass is 9.44. The lowest BCUT2D eigenvalue weighted by Gasteiger charge is -2.61. The fraction of sp³-hybridized carbons (Fsp3) is 0.742. The Balaban J connectivity index is 1.35. The van der Waals surface area contributed by atoms with E-state index in [2.05, 4.69) is 27.4 Å². The summed E-state index contributed by atoms with van der Waals surface area (Å²) < 4.78 is 6.35. The number of Topliss-reactive ketones (excluding diaryl/α,β-unsaturated/α-hetero) is 1. The number of anilines is 2. The molecule has 9 atom stereocenters. The Bertz CT molecular complexity index is 1270. The van der Waals surface area contributed by atoms with E-state index in [1.807, 2.05) is 17.9 Å². The first kappa shape index (κ1) is 29.4. The Morgan fingerprint density at radius 2 is 1.93 bits per heavy atom. The van der Waals surface area contributed by atoms with E-state index >= 15 is 0 Å². The van der Waals surface area contributed by atoms with Crippen molar-refractivity contribution >= 4 is 34.9 Å². The zero-order valence-electron chi connectivity index (χ0n) is 24.2. The molecule has 1 unspecified atom stereocenters. The van der Waals surface area contributed by atoms with Crippen molar-refractivity contribution in [1.82, 2.24) is 0 Å². The summed E-state index contributed by atoms with van der Waals surface area (Å²) in [6.45, 7) is 13.7. The fourth-order valence-electron chi connectivity index (χ4n) is 8.87. The van der Waals surface area contributed by atoms with Crippen molar-refractivity contribution in [3.8, 4) is 0 Å². The van der Waals surface area contributed by atoms with Crippen LogP contribution in [0.1, 0.15) is 72.6 Å². The van der Waals surface area contributed by atoms with E-state index in [9.17, 15) is 24.3 Å². The number of thioether (sulfide) groups is 1. The number of hydrogen-bond acceptors (Lipinski definition) is 9. The van der Waals surface area contributed by atoms with Crippen molar-refractivity contribution in [1.29, 1.82) is 0 Å². The van der Waals surface area contributed by atoms with Crippen LogP contribution in [0.2, 0.25) is 0 Å². The van der Waals surface area contributed by atoms with Crippen LogP contribution in [0, 0.1) is 34.0 Å². The first-order valence-electron chi connectivity index (χ1n) is 14.8. The summed E-state index contributed by atoms with van der Waals surface area (Å²) >= 11 is 1.50. The largest absolute Gasteiger partial charge is 0.461 e. The first-order chi connectivity index (χ1) is 18.8. The summed E-state index contributed by atoms with van der Waals surface area (Å²) in [6.07, 6.45) is 5.85. The van der Waals surface area contributed by atoms with E-state index in [1.54, 1.807) is 0 Å². The molecule has 0 amide bonds. The van der Waals surface area contributed by atoms with E-state index in [-0.39, 0.29) is 51.6 Å². The van der Waals surface area contributed by atoms with E-state index in [0.717, 1.165) is 32.1 Å². The van der Waals surface area contributed by atoms with Gasteiger partial charge in [0.2, 0.25) is 0 Å². The van der Waals surface area contributed by atoms with Gasteiger partial charge in [0.1, 0.15) is 23.3 Å². The van der Waals surface area contributed by atoms with E-state index in [4.69, 9.17) is 10.5 Å². The minimum atomic E-state index is -0.692. The van der Waals surface area contributed by atoms with Crippen molar-refractivity contribution < 1.29 is 19.4 Å². The van der Waals surface area contributed by atoms with E-state index in [1.165, 1.54) is 11.8 Å². The lowest BCUT2D eigenvalue weighted by Crippen LogP contribution is -2.63. The molecule has 3 saturated carbocycles. The number of rotatable bonds is 6. The molecule has 1 aliphatic heterocycles. The van der Waals surface area contributed by atoms with Crippen molar-refractivity contribution in [3.05, 3.63) is 33.1 Å². The molecule has 220 valence electrons. The van der Waals surface area contributed by atoms with Crippen LogP contribution in [-0.4, -0.2) is 53.2 Å². The molecule has 4 fully saturated rings. The second-order valence-electron chi connectivity index (χ2n) is 13.5. The van der Waals surface area contributed by atoms with Crippen LogP contribution in [0.5, 0.6) is 0 Å². The minimum Gasteiger partial charge on any atom is -0.461 e. The first-order valence-corrected chi connectivity index (χ1v) is 15.8. The summed E-state index contributed by atoms with van der Waals surface area (Å²) in [7, 11) is 0. The Morgan fingerprint density at radius 1 is 1.20 bits per heavy atom. The second-order valence-corrected chi connectivity index (χ2v) is 14.8. The summed E-state index contributed by atoms with van der Waals surface area (Å²) in [5.41, 5.74) is 3.49. The molecule has 1 aromatic carbocycles. The number of ether oxygens (including phenoxy) is 1. The highest BCUT2D eigenvalue weighted by molar-refractivity contribution is 8.00. The number of ketones is 1. The van der Waals surface area contributed by atoms with Crippen molar-refractivity contribution in [2.24, 2.45) is 34.0 Å². The maximum absolute atomic E-state index is 13.6. The van der Waals surface area contributed by atoms with Crippen molar-refractivity contribution in [2.45, 2.75) is 90.1 Å². The number of nitrogen functional groups attached to an aromatic ring is 1. The summed E-state index contributed by atoms with van der Waals surface area (Å²) in [5.74, 6) is -0.0725. The van der Waals surface area contributed by atoms with Gasteiger partial charge in [-0.25, -0.2) is 0 Å². The summed E-state index contributed by atoms with van der Waals surface area (Å²) in [4.78, 5) is 52.5. The zero-order valence-corrected chi connectivity index (χ0v) is 25.1. The molecule has 0 spiro atoms. The van der Waals surface area contributed by atoms with Gasteiger partial charge >= 0.3 is 5.97 Å². The molecule has 4 aliphatic rings. The molecule has 8 nitrogen and oxygen atoms in total. The highest BCUT2D eigenvalue weighted by Gasteiger charge is 2.68. The number of nitrogens with two attached hydrogens (primary N) is 1. The lowest BCUT2D eigenvalue weighted by molar-refractivity contribution is -0.205. The maximum atomic E-state index is 13.6. The number of aliphatic hydroxyl groups excluding tert-OH is 1. The monoisotopic (exact) mass is 572 g/mol. The number of piperidine rings is 1. The molecule has 1 aromatic rings. The maximum Gasteiger partial charge on any atom is 0.316 e. The third-order valence-corrected chi connectivity index (χ3v) is 12.9. The molecule has 0 radical (unpaired) electrons. The average molecular weight is 573 g/mol. The summed E-state index contributed by atoms with van der Waals surface area (Å²) in [6, 6.07) is 0. The SMILES string of the molecule is C=C[C@]1(C)C[C@@H](OC(=O)CSC2CCCN(c3c(N)c(=O)c3=O)C2)[C@]2(C)[C@H](C)CC[C@]3(CCC(=O)[C@H]32)[C@@H](C)[C@@H]1O. The molecular formula is C31H44N2O6S. The Labute approximate surface area is 240 Å². The van der Waals surface area contributed by atoms with Gasteiger partial charge in [-0.1, -0.05) is 33.8 Å². The van der Waals surface area contributed by atoms with E-state index in [0.29, 0.717) is 31.6 Å². The topological polar surface area (TPSA) is 127 Å². The third kappa shape index (κ3) is 4.29. The molecule has 5 rings (SSSR count). The number of carbonyl (C=O) groups excluding carboxylic acids is 2. The van der Waals surface area contributed by atoms with Gasteiger partial charge in [-0.3, -0.25) is 19.2 Å². The van der Waals surface area contributed by atoms with Gasteiger partial charge in [0, 0.05) is 41.5 Å². The zero-order chi connectivity index (χ0) is 29.2. The Hall–Kier alpha value is -2.13. The molecule has 40 heavy (non-hydrogen) atoms. The van der Waals surface area contributed by atoms with Gasteiger partial charge in [-0.15, -0.1) is 18.3 Å². The minimum absolute atomic E-state index is 0.0356. The number of nitrogens with zero attached hydrogens (tertiary/aromatic N) is 1. The molecule has 2 bridgehead atoms. The highest BCUT2D eigenvalue weighted by atomic mass is 32.2. The molecule has 1 saturated heterocycles. The van der Waals surface area contributed by atoms with Crippen LogP contribution >= 0.6 is 11.8 Å². The molecule has 3 N–H and O–H groups in total. The van der Waals surface area contributed by atoms with Gasteiger partial charge in [0.25, 0.3) is 10.9 Å². The second kappa shape index (κ2) is 10.3. The molecule has 3 aliphatic carbocycles. The Morgan fingerprint density at radius 3 is 2.60 bits per heavy atom. The van der Waals surface area contributed by atoms with Crippen LogP contribution in [0.4, 0.5) is 11.4 Å². The van der Waals surface area contributed by atoms with Crippen LogP contribution < -0.4 is 21.5 Å². The average Bonchev–Trinajstić information content (AvgIpc) is 3.30. The number of hydrogen-bond donors (Lipinski definition) is 2. The predicted octanol–water partition coefficient (Wildman–Crippen LogP) is 3.47. The van der Waals surface area contributed by atoms with Crippen LogP contribution in [0.15, 0.2) is 22.2 Å². The number of aliphatic hydroxyl groups is 1. The van der Waals surface area contributed by atoms with Crippen LogP contribution in [0.3, 0.4) is 0 Å². The molecule has 1 heterocycles. The predicted molar refractivity (Wildman–Crippen MR) is 158 cm³/mol. The quantitative estimate of drug-likeness (QED) is 0.299. The fourth-order valence-corrected chi connectivity index (χ4v) is 9.93. The molecule has 9 heteroatoms. The highest BCUT2D eigenvalue weighted by Crippen LogP contribution is 2.68. The standard InChI is InChI=1S/C31H44N2O6S/c1-6-29(4)14-21(30(5)17(2)9-11-31(18(3)28(29)38)12-10-20(34)27(30)31)39-22(35)16-40-19-8-7-13-33(15-19)24-23(32)25(36)26(24)37/h6,17-19,21,27-28,38H,1,7-16,32H2,2-5H3/t17-,18+,19?,21-,27+,28+,29-,30+,31+/m1/s1. The van der Waals surface area contributed by atoms with Crippen molar-refractivity contribution in [2.75, 3.05) is 29.5 Å². The van der Waals surface area contributed by atoms with Crippen LogP contribution in [0.25, 0.3) is 0 Å². The van der Waals surface area contributed by atoms with Gasteiger partial charge in [-0.05, 0) is 55.8 Å². The smallest absolute Gasteiger partial charge is 0.316 e. The third-order valence-electron chi connectivity index (χ3n) is 11.6. The number of carbonyl (C=O) groups is 2. The van der Waals surface area contributed by atoms with Gasteiger partial charge in [0.05, 0.1) is 11.9 Å². The summed E-state index contributed by atoms with van der Waals surface area (Å²) in [5, 5.41) is 11.8. The van der Waals surface area contributed by atoms with Gasteiger partial charge in [-0.2, -0.15) is 0 Å². The molecule has 0 aromatic heterocycles. The molecular weight excluding hydrogens is 528 g/mol. The van der Waals surface area contributed by atoms with Crippen molar-refractivity contribution in [3.63, 3.8) is 0 Å². The number of esters is 1.